The van der Waals surface area contributed by atoms with Crippen molar-refractivity contribution in [2.45, 2.75) is 51.4 Å². The SMILES string of the molecule is NCCCCC(CCCCCCOC1=CC(=O)C(=O)c2ccccc21)C(=O)O. The lowest BCUT2D eigenvalue weighted by Gasteiger charge is -2.17. The Hall–Kier alpha value is -2.47. The van der Waals surface area contributed by atoms with Gasteiger partial charge in [0.15, 0.2) is 0 Å². The van der Waals surface area contributed by atoms with Crippen LogP contribution in [0.25, 0.3) is 5.76 Å². The number of allylic oxidation sites excluding steroid dienone is 1. The largest absolute Gasteiger partial charge is 0.493 e. The molecule has 1 atom stereocenters. The number of aliphatic carboxylic acids is 1. The standard InChI is InChI=1S/C22H29NO5/c23-13-7-6-10-16(22(26)27)9-3-1-2-8-14-28-20-15-19(24)21(25)18-12-5-4-11-17(18)20/h4-5,11-12,15-16H,1-3,6-10,13-14,23H2,(H,26,27). The zero-order valence-corrected chi connectivity index (χ0v) is 16.2. The highest BCUT2D eigenvalue weighted by Gasteiger charge is 2.26. The van der Waals surface area contributed by atoms with Crippen LogP contribution >= 0.6 is 0 Å². The minimum Gasteiger partial charge on any atom is -0.493 e. The highest BCUT2D eigenvalue weighted by atomic mass is 16.5. The molecule has 28 heavy (non-hydrogen) atoms. The third-order valence-electron chi connectivity index (χ3n) is 4.98. The molecule has 3 N–H and O–H groups in total. The number of Topliss-reactive ketones (excluding diaryl/α,β-unsaturated/α-hetero) is 1. The van der Waals surface area contributed by atoms with E-state index in [4.69, 9.17) is 10.5 Å². The van der Waals surface area contributed by atoms with Gasteiger partial charge in [-0.3, -0.25) is 14.4 Å². The van der Waals surface area contributed by atoms with Crippen molar-refractivity contribution < 1.29 is 24.2 Å². The zero-order chi connectivity index (χ0) is 20.4. The predicted octanol–water partition coefficient (Wildman–Crippen LogP) is 3.59. The highest BCUT2D eigenvalue weighted by Crippen LogP contribution is 2.26. The lowest BCUT2D eigenvalue weighted by Crippen LogP contribution is -2.19. The Balaban J connectivity index is 1.68. The van der Waals surface area contributed by atoms with Gasteiger partial charge in [0.25, 0.3) is 0 Å². The van der Waals surface area contributed by atoms with Crippen LogP contribution in [0, 0.1) is 5.92 Å². The molecule has 0 spiro atoms. The van der Waals surface area contributed by atoms with Gasteiger partial charge in [-0.1, -0.05) is 49.9 Å². The molecule has 0 amide bonds. The van der Waals surface area contributed by atoms with E-state index in [0.717, 1.165) is 38.5 Å². The summed E-state index contributed by atoms with van der Waals surface area (Å²) in [4.78, 5) is 35.0. The van der Waals surface area contributed by atoms with E-state index >= 15 is 0 Å². The summed E-state index contributed by atoms with van der Waals surface area (Å²) >= 11 is 0. The molecular weight excluding hydrogens is 358 g/mol. The number of carbonyl (C=O) groups excluding carboxylic acids is 2. The van der Waals surface area contributed by atoms with Crippen molar-refractivity contribution in [3.63, 3.8) is 0 Å². The molecular formula is C22H29NO5. The molecule has 0 aliphatic heterocycles. The van der Waals surface area contributed by atoms with Crippen LogP contribution in [0.2, 0.25) is 0 Å². The Bertz CT molecular complexity index is 725. The van der Waals surface area contributed by atoms with Crippen molar-refractivity contribution in [1.29, 1.82) is 0 Å². The second-order valence-corrected chi connectivity index (χ2v) is 7.12. The van der Waals surface area contributed by atoms with Crippen LogP contribution in [0.3, 0.4) is 0 Å². The molecule has 0 saturated heterocycles. The molecule has 1 aliphatic carbocycles. The predicted molar refractivity (Wildman–Crippen MR) is 107 cm³/mol. The van der Waals surface area contributed by atoms with Gasteiger partial charge in [0.1, 0.15) is 5.76 Å². The van der Waals surface area contributed by atoms with Gasteiger partial charge in [0, 0.05) is 17.2 Å². The first kappa shape index (κ1) is 21.8. The molecule has 152 valence electrons. The van der Waals surface area contributed by atoms with Crippen molar-refractivity contribution in [2.75, 3.05) is 13.2 Å². The summed E-state index contributed by atoms with van der Waals surface area (Å²) in [5.74, 6) is -1.60. The maximum Gasteiger partial charge on any atom is 0.306 e. The fraction of sp³-hybridized carbons (Fsp3) is 0.500. The highest BCUT2D eigenvalue weighted by molar-refractivity contribution is 6.50. The molecule has 1 unspecified atom stereocenters. The molecule has 6 heteroatoms. The first-order valence-electron chi connectivity index (χ1n) is 10.00. The van der Waals surface area contributed by atoms with Crippen LogP contribution < -0.4 is 5.73 Å². The van der Waals surface area contributed by atoms with Gasteiger partial charge in [-0.15, -0.1) is 0 Å². The van der Waals surface area contributed by atoms with Crippen LogP contribution in [0.5, 0.6) is 0 Å². The summed E-state index contributed by atoms with van der Waals surface area (Å²) in [6, 6.07) is 6.96. The van der Waals surface area contributed by atoms with Crippen LogP contribution in [-0.2, 0) is 14.3 Å². The minimum atomic E-state index is -0.720. The molecule has 2 rings (SSSR count). The summed E-state index contributed by atoms with van der Waals surface area (Å²) in [5, 5.41) is 9.27. The number of ether oxygens (including phenoxy) is 1. The third kappa shape index (κ3) is 6.30. The Morgan fingerprint density at radius 2 is 1.61 bits per heavy atom. The number of nitrogens with two attached hydrogens (primary N) is 1. The second-order valence-electron chi connectivity index (χ2n) is 7.12. The van der Waals surface area contributed by atoms with Crippen molar-refractivity contribution in [3.8, 4) is 0 Å². The number of unbranched alkanes of at least 4 members (excludes halogenated alkanes) is 4. The van der Waals surface area contributed by atoms with Crippen LogP contribution in [0.1, 0.15) is 67.3 Å². The van der Waals surface area contributed by atoms with Crippen LogP contribution in [0.4, 0.5) is 0 Å². The van der Waals surface area contributed by atoms with E-state index in [1.54, 1.807) is 18.2 Å². The summed E-state index contributed by atoms with van der Waals surface area (Å²) in [6.45, 7) is 1.06. The lowest BCUT2D eigenvalue weighted by atomic mass is 9.94. The Kier molecular flexibility index (Phi) is 8.88. The maximum atomic E-state index is 11.9. The number of hydrogen-bond donors (Lipinski definition) is 2. The fourth-order valence-electron chi connectivity index (χ4n) is 3.37. The molecule has 0 heterocycles. The Morgan fingerprint density at radius 3 is 2.29 bits per heavy atom. The van der Waals surface area contributed by atoms with Crippen LogP contribution in [0.15, 0.2) is 30.3 Å². The monoisotopic (exact) mass is 387 g/mol. The van der Waals surface area contributed by atoms with Crippen molar-refractivity contribution >= 4 is 23.3 Å². The Labute approximate surface area is 165 Å². The molecule has 0 radical (unpaired) electrons. The van der Waals surface area contributed by atoms with E-state index in [9.17, 15) is 19.5 Å². The number of rotatable bonds is 13. The van der Waals surface area contributed by atoms with E-state index in [-0.39, 0.29) is 5.92 Å². The van der Waals surface area contributed by atoms with Crippen molar-refractivity contribution in [3.05, 3.63) is 41.5 Å². The van der Waals surface area contributed by atoms with E-state index in [1.165, 1.54) is 6.08 Å². The van der Waals surface area contributed by atoms with E-state index < -0.39 is 17.5 Å². The molecule has 1 aromatic rings. The van der Waals surface area contributed by atoms with Gasteiger partial charge in [0.05, 0.1) is 12.5 Å². The van der Waals surface area contributed by atoms with Gasteiger partial charge in [-0.05, 0) is 32.2 Å². The maximum absolute atomic E-state index is 11.9. The minimum absolute atomic E-state index is 0.282. The van der Waals surface area contributed by atoms with Gasteiger partial charge < -0.3 is 15.6 Å². The number of carboxylic acid groups (broad SMARTS) is 1. The van der Waals surface area contributed by atoms with Crippen molar-refractivity contribution in [1.82, 2.24) is 0 Å². The lowest BCUT2D eigenvalue weighted by molar-refractivity contribution is -0.142. The van der Waals surface area contributed by atoms with Crippen LogP contribution in [-0.4, -0.2) is 35.8 Å². The number of fused-ring (bicyclic) bond motifs is 1. The summed E-state index contributed by atoms with van der Waals surface area (Å²) < 4.78 is 5.74. The number of carbonyl (C=O) groups is 3. The first-order chi connectivity index (χ1) is 13.5. The van der Waals surface area contributed by atoms with E-state index in [1.807, 2.05) is 6.07 Å². The number of hydrogen-bond acceptors (Lipinski definition) is 5. The van der Waals surface area contributed by atoms with Gasteiger partial charge in [-0.25, -0.2) is 0 Å². The first-order valence-corrected chi connectivity index (χ1v) is 10.00. The number of ketones is 2. The quantitative estimate of drug-likeness (QED) is 0.396. The molecule has 6 nitrogen and oxygen atoms in total. The smallest absolute Gasteiger partial charge is 0.306 e. The molecule has 0 fully saturated rings. The molecule has 1 aliphatic rings. The average Bonchev–Trinajstić information content (AvgIpc) is 2.69. The molecule has 0 saturated carbocycles. The van der Waals surface area contributed by atoms with Crippen molar-refractivity contribution in [2.24, 2.45) is 11.7 Å². The zero-order valence-electron chi connectivity index (χ0n) is 16.2. The normalized spacial score (nSPS) is 14.4. The summed E-state index contributed by atoms with van der Waals surface area (Å²) in [6.07, 6.45) is 7.93. The second kappa shape index (κ2) is 11.4. The molecule has 0 bridgehead atoms. The van der Waals surface area contributed by atoms with Gasteiger partial charge >= 0.3 is 5.97 Å². The topological polar surface area (TPSA) is 107 Å². The average molecular weight is 387 g/mol. The van der Waals surface area contributed by atoms with Gasteiger partial charge in [0.2, 0.25) is 11.6 Å². The molecule has 1 aromatic carbocycles. The number of benzene rings is 1. The number of carboxylic acids is 1. The molecule has 0 aromatic heterocycles. The van der Waals surface area contributed by atoms with Gasteiger partial charge in [-0.2, -0.15) is 0 Å². The van der Waals surface area contributed by atoms with E-state index in [0.29, 0.717) is 42.9 Å². The summed E-state index contributed by atoms with van der Waals surface area (Å²) in [7, 11) is 0. The fourth-order valence-corrected chi connectivity index (χ4v) is 3.37. The third-order valence-corrected chi connectivity index (χ3v) is 4.98. The Morgan fingerprint density at radius 1 is 0.964 bits per heavy atom. The van der Waals surface area contributed by atoms with E-state index in [2.05, 4.69) is 0 Å². The summed E-state index contributed by atoms with van der Waals surface area (Å²) in [5.41, 5.74) is 6.50.